The van der Waals surface area contributed by atoms with Gasteiger partial charge >= 0.3 is 5.97 Å². The molecule has 0 aliphatic rings. The zero-order valence-electron chi connectivity index (χ0n) is 14.5. The van der Waals surface area contributed by atoms with Crippen LogP contribution in [-0.4, -0.2) is 42.8 Å². The fraction of sp³-hybridized carbons (Fsp3) is 0.368. The number of carboxylic acid groups (broad SMARTS) is 1. The normalized spacial score (nSPS) is 11.9. The van der Waals surface area contributed by atoms with Crippen molar-refractivity contribution in [3.05, 3.63) is 42.0 Å². The van der Waals surface area contributed by atoms with Crippen molar-refractivity contribution in [2.75, 3.05) is 19.8 Å². The number of hydrogen-bond acceptors (Lipinski definition) is 4. The molecular weight excluding hydrogens is 322 g/mol. The minimum absolute atomic E-state index is 0.139. The van der Waals surface area contributed by atoms with Crippen molar-refractivity contribution in [3.63, 3.8) is 0 Å². The van der Waals surface area contributed by atoms with Gasteiger partial charge in [-0.2, -0.15) is 0 Å². The number of fused-ring (bicyclic) bond motifs is 1. The van der Waals surface area contributed by atoms with Gasteiger partial charge in [-0.15, -0.1) is 0 Å². The van der Waals surface area contributed by atoms with E-state index in [0.717, 1.165) is 16.3 Å². The first-order valence-electron chi connectivity index (χ1n) is 8.24. The summed E-state index contributed by atoms with van der Waals surface area (Å²) in [5, 5.41) is 13.8. The number of amides is 1. The van der Waals surface area contributed by atoms with Gasteiger partial charge in [0.15, 0.2) is 0 Å². The second-order valence-electron chi connectivity index (χ2n) is 5.60. The second-order valence-corrected chi connectivity index (χ2v) is 5.60. The average molecular weight is 345 g/mol. The molecule has 0 heterocycles. The highest BCUT2D eigenvalue weighted by Crippen LogP contribution is 2.29. The summed E-state index contributed by atoms with van der Waals surface area (Å²) in [6.45, 7) is 4.65. The molecule has 0 saturated heterocycles. The molecule has 2 aromatic rings. The molecule has 0 spiro atoms. The topological polar surface area (TPSA) is 84.9 Å². The monoisotopic (exact) mass is 345 g/mol. The van der Waals surface area contributed by atoms with Crippen molar-refractivity contribution in [2.24, 2.45) is 0 Å². The first-order valence-corrected chi connectivity index (χ1v) is 8.24. The second kappa shape index (κ2) is 9.03. The highest BCUT2D eigenvalue weighted by atomic mass is 16.5. The lowest BCUT2D eigenvalue weighted by Crippen LogP contribution is -2.41. The van der Waals surface area contributed by atoms with Crippen LogP contribution in [0.2, 0.25) is 0 Å². The molecule has 1 unspecified atom stereocenters. The number of aliphatic carboxylic acids is 1. The third-order valence-corrected chi connectivity index (χ3v) is 3.77. The Balaban J connectivity index is 2.35. The van der Waals surface area contributed by atoms with E-state index >= 15 is 0 Å². The smallest absolute Gasteiger partial charge is 0.326 e. The Labute approximate surface area is 146 Å². The van der Waals surface area contributed by atoms with E-state index in [0.29, 0.717) is 25.6 Å². The summed E-state index contributed by atoms with van der Waals surface area (Å²) >= 11 is 0. The van der Waals surface area contributed by atoms with Gasteiger partial charge < -0.3 is 19.9 Å². The quantitative estimate of drug-likeness (QED) is 0.682. The Morgan fingerprint density at radius 3 is 2.60 bits per heavy atom. The lowest BCUT2D eigenvalue weighted by molar-refractivity contribution is -0.141. The van der Waals surface area contributed by atoms with E-state index < -0.39 is 12.0 Å². The van der Waals surface area contributed by atoms with Gasteiger partial charge in [-0.05, 0) is 23.8 Å². The summed E-state index contributed by atoms with van der Waals surface area (Å²) in [5.41, 5.74) is 0.760. The SMILES string of the molecule is CCOCCOc1ccc2ccccc2c1CC(NC(C)=O)C(=O)O. The molecule has 0 bridgehead atoms. The van der Waals surface area contributed by atoms with Crippen LogP contribution in [0.4, 0.5) is 0 Å². The van der Waals surface area contributed by atoms with Crippen molar-refractivity contribution in [3.8, 4) is 5.75 Å². The van der Waals surface area contributed by atoms with Crippen LogP contribution in [0.15, 0.2) is 36.4 Å². The van der Waals surface area contributed by atoms with Gasteiger partial charge in [-0.1, -0.05) is 30.3 Å². The highest BCUT2D eigenvalue weighted by Gasteiger charge is 2.22. The minimum Gasteiger partial charge on any atom is -0.491 e. The molecule has 25 heavy (non-hydrogen) atoms. The summed E-state index contributed by atoms with van der Waals surface area (Å²) in [4.78, 5) is 22.8. The largest absolute Gasteiger partial charge is 0.491 e. The molecule has 0 aliphatic carbocycles. The summed E-state index contributed by atoms with van der Waals surface area (Å²) in [6, 6.07) is 10.4. The molecule has 0 fully saturated rings. The van der Waals surface area contributed by atoms with Crippen molar-refractivity contribution in [1.82, 2.24) is 5.32 Å². The van der Waals surface area contributed by atoms with Gasteiger partial charge in [0.25, 0.3) is 0 Å². The minimum atomic E-state index is -1.08. The van der Waals surface area contributed by atoms with Crippen molar-refractivity contribution < 1.29 is 24.2 Å². The summed E-state index contributed by atoms with van der Waals surface area (Å²) in [6.07, 6.45) is 0.139. The molecule has 134 valence electrons. The maximum Gasteiger partial charge on any atom is 0.326 e. The number of carboxylic acids is 1. The number of ether oxygens (including phenoxy) is 2. The fourth-order valence-corrected chi connectivity index (χ4v) is 2.67. The van der Waals surface area contributed by atoms with Gasteiger partial charge in [0, 0.05) is 25.5 Å². The van der Waals surface area contributed by atoms with E-state index in [1.807, 2.05) is 43.3 Å². The first kappa shape index (κ1) is 18.7. The van der Waals surface area contributed by atoms with Crippen LogP contribution >= 0.6 is 0 Å². The van der Waals surface area contributed by atoms with Crippen LogP contribution in [0, 0.1) is 0 Å². The standard InChI is InChI=1S/C19H23NO5/c1-3-24-10-11-25-18-9-8-14-6-4-5-7-15(14)16(18)12-17(19(22)23)20-13(2)21/h4-9,17H,3,10-12H2,1-2H3,(H,20,21)(H,22,23). The number of nitrogens with one attached hydrogen (secondary N) is 1. The van der Waals surface area contributed by atoms with E-state index in [9.17, 15) is 14.7 Å². The third-order valence-electron chi connectivity index (χ3n) is 3.77. The Morgan fingerprint density at radius 1 is 1.16 bits per heavy atom. The zero-order chi connectivity index (χ0) is 18.2. The van der Waals surface area contributed by atoms with Gasteiger partial charge in [0.2, 0.25) is 5.91 Å². The van der Waals surface area contributed by atoms with Crippen LogP contribution < -0.4 is 10.1 Å². The molecule has 1 amide bonds. The van der Waals surface area contributed by atoms with Gasteiger partial charge in [0.05, 0.1) is 6.61 Å². The van der Waals surface area contributed by atoms with Crippen LogP contribution in [0.5, 0.6) is 5.75 Å². The van der Waals surface area contributed by atoms with Crippen molar-refractivity contribution in [2.45, 2.75) is 26.3 Å². The molecule has 1 atom stereocenters. The van der Waals surface area contributed by atoms with E-state index in [1.165, 1.54) is 6.92 Å². The van der Waals surface area contributed by atoms with Crippen LogP contribution in [0.3, 0.4) is 0 Å². The predicted octanol–water partition coefficient (Wildman–Crippen LogP) is 2.39. The number of rotatable bonds is 9. The maximum atomic E-state index is 11.5. The van der Waals surface area contributed by atoms with E-state index in [4.69, 9.17) is 9.47 Å². The lowest BCUT2D eigenvalue weighted by atomic mass is 9.97. The van der Waals surface area contributed by atoms with Crippen molar-refractivity contribution >= 4 is 22.6 Å². The molecule has 6 nitrogen and oxygen atoms in total. The molecule has 0 radical (unpaired) electrons. The molecule has 0 saturated carbocycles. The Kier molecular flexibility index (Phi) is 6.77. The van der Waals surface area contributed by atoms with Gasteiger partial charge in [0.1, 0.15) is 18.4 Å². The zero-order valence-corrected chi connectivity index (χ0v) is 14.5. The molecule has 0 aromatic heterocycles. The summed E-state index contributed by atoms with van der Waals surface area (Å²) < 4.78 is 11.1. The van der Waals surface area contributed by atoms with E-state index in [-0.39, 0.29) is 12.3 Å². The maximum absolute atomic E-state index is 11.5. The van der Waals surface area contributed by atoms with E-state index in [2.05, 4.69) is 5.32 Å². The van der Waals surface area contributed by atoms with Crippen LogP contribution in [-0.2, 0) is 20.7 Å². The molecule has 6 heteroatoms. The summed E-state index contributed by atoms with van der Waals surface area (Å²) in [7, 11) is 0. The van der Waals surface area contributed by atoms with Gasteiger partial charge in [-0.25, -0.2) is 4.79 Å². The molecule has 2 rings (SSSR count). The Bertz CT molecular complexity index is 744. The molecular formula is C19H23NO5. The Hall–Kier alpha value is -2.60. The van der Waals surface area contributed by atoms with Crippen LogP contribution in [0.1, 0.15) is 19.4 Å². The third kappa shape index (κ3) is 5.19. The van der Waals surface area contributed by atoms with Gasteiger partial charge in [-0.3, -0.25) is 4.79 Å². The fourth-order valence-electron chi connectivity index (χ4n) is 2.67. The number of carbonyl (C=O) groups is 2. The molecule has 2 aromatic carbocycles. The molecule has 2 N–H and O–H groups in total. The predicted molar refractivity (Wildman–Crippen MR) is 94.9 cm³/mol. The van der Waals surface area contributed by atoms with Crippen molar-refractivity contribution in [1.29, 1.82) is 0 Å². The average Bonchev–Trinajstić information content (AvgIpc) is 2.58. The number of hydrogen-bond donors (Lipinski definition) is 2. The first-order chi connectivity index (χ1) is 12.0. The lowest BCUT2D eigenvalue weighted by Gasteiger charge is -2.18. The Morgan fingerprint density at radius 2 is 1.92 bits per heavy atom. The summed E-state index contributed by atoms with van der Waals surface area (Å²) in [5.74, 6) is -0.857. The molecule has 0 aliphatic heterocycles. The van der Waals surface area contributed by atoms with Crippen LogP contribution in [0.25, 0.3) is 10.8 Å². The highest BCUT2D eigenvalue weighted by molar-refractivity contribution is 5.89. The number of benzene rings is 2. The number of carbonyl (C=O) groups excluding carboxylic acids is 1. The van der Waals surface area contributed by atoms with E-state index in [1.54, 1.807) is 0 Å².